The second-order valence-corrected chi connectivity index (χ2v) is 6.94. The smallest absolute Gasteiger partial charge is 0.106 e. The molecule has 0 aliphatic heterocycles. The van der Waals surface area contributed by atoms with Crippen LogP contribution in [0.4, 0.5) is 0 Å². The number of halogens is 1. The fourth-order valence-electron chi connectivity index (χ4n) is 2.60. The average Bonchev–Trinajstić information content (AvgIpc) is 2.84. The molecule has 1 aromatic rings. The first-order valence-corrected chi connectivity index (χ1v) is 8.65. The highest BCUT2D eigenvalue weighted by Crippen LogP contribution is 2.32. The Labute approximate surface area is 129 Å². The Morgan fingerprint density at radius 1 is 1.50 bits per heavy atom. The van der Waals surface area contributed by atoms with Gasteiger partial charge in [0, 0.05) is 18.1 Å². The predicted molar refractivity (Wildman–Crippen MR) is 83.4 cm³/mol. The van der Waals surface area contributed by atoms with Gasteiger partial charge in [-0.25, -0.2) is 0 Å². The molecular weight excluding hydrogens is 296 g/mol. The van der Waals surface area contributed by atoms with Crippen LogP contribution in [0, 0.1) is 0 Å². The first-order valence-electron chi connectivity index (χ1n) is 7.22. The molecule has 0 saturated heterocycles. The first-order chi connectivity index (χ1) is 9.72. The summed E-state index contributed by atoms with van der Waals surface area (Å²) >= 11 is 8.01. The van der Waals surface area contributed by atoms with Crippen LogP contribution in [0.25, 0.3) is 0 Å². The zero-order chi connectivity index (χ0) is 14.4. The number of thioether (sulfide) groups is 1. The molecule has 1 heterocycles. The lowest BCUT2D eigenvalue weighted by Gasteiger charge is -2.22. The Balaban J connectivity index is 1.90. The van der Waals surface area contributed by atoms with Crippen LogP contribution in [0.3, 0.4) is 0 Å². The molecule has 1 unspecified atom stereocenters. The third kappa shape index (κ3) is 4.38. The summed E-state index contributed by atoms with van der Waals surface area (Å²) in [6.07, 6.45) is 7.58. The minimum Gasteiger partial charge on any atom is -0.386 e. The Kier molecular flexibility index (Phi) is 6.68. The maximum Gasteiger partial charge on any atom is 0.106 e. The SMILES string of the molecule is COCCn1ncc(Cl)c1C(O)CSC1CCCCC1. The average molecular weight is 319 g/mol. The van der Waals surface area contributed by atoms with Gasteiger partial charge in [-0.3, -0.25) is 4.68 Å². The van der Waals surface area contributed by atoms with Gasteiger partial charge < -0.3 is 9.84 Å². The summed E-state index contributed by atoms with van der Waals surface area (Å²) in [6, 6.07) is 0. The molecule has 0 bridgehead atoms. The summed E-state index contributed by atoms with van der Waals surface area (Å²) in [5, 5.41) is 15.8. The maximum atomic E-state index is 10.4. The van der Waals surface area contributed by atoms with E-state index in [0.29, 0.717) is 34.9 Å². The molecule has 4 nitrogen and oxygen atoms in total. The minimum atomic E-state index is -0.561. The fourth-order valence-corrected chi connectivity index (χ4v) is 4.14. The van der Waals surface area contributed by atoms with Gasteiger partial charge in [-0.15, -0.1) is 0 Å². The van der Waals surface area contributed by atoms with E-state index in [1.54, 1.807) is 18.0 Å². The maximum absolute atomic E-state index is 10.4. The highest BCUT2D eigenvalue weighted by molar-refractivity contribution is 7.99. The van der Waals surface area contributed by atoms with Crippen molar-refractivity contribution in [1.29, 1.82) is 0 Å². The Morgan fingerprint density at radius 2 is 2.25 bits per heavy atom. The standard InChI is InChI=1S/C14H23ClN2O2S/c1-19-8-7-17-14(12(15)9-16-17)13(18)10-20-11-5-3-2-4-6-11/h9,11,13,18H,2-8,10H2,1H3. The molecule has 1 aliphatic rings. The molecule has 6 heteroatoms. The van der Waals surface area contributed by atoms with Crippen LogP contribution in [-0.2, 0) is 11.3 Å². The highest BCUT2D eigenvalue weighted by Gasteiger charge is 2.21. The number of ether oxygens (including phenoxy) is 1. The third-order valence-electron chi connectivity index (χ3n) is 3.70. The van der Waals surface area contributed by atoms with Gasteiger partial charge in [-0.2, -0.15) is 16.9 Å². The van der Waals surface area contributed by atoms with E-state index in [1.165, 1.54) is 32.1 Å². The van der Waals surface area contributed by atoms with E-state index in [-0.39, 0.29) is 0 Å². The first kappa shape index (κ1) is 16.1. The fraction of sp³-hybridized carbons (Fsp3) is 0.786. The molecule has 1 aliphatic carbocycles. The van der Waals surface area contributed by atoms with Crippen LogP contribution in [0.15, 0.2) is 6.20 Å². The number of hydrogen-bond acceptors (Lipinski definition) is 4. The number of methoxy groups -OCH3 is 1. The second-order valence-electron chi connectivity index (χ2n) is 5.20. The summed E-state index contributed by atoms with van der Waals surface area (Å²) in [4.78, 5) is 0. The van der Waals surface area contributed by atoms with E-state index in [0.717, 1.165) is 0 Å². The van der Waals surface area contributed by atoms with Gasteiger partial charge in [-0.1, -0.05) is 30.9 Å². The molecule has 1 N–H and O–H groups in total. The molecule has 1 atom stereocenters. The molecular formula is C14H23ClN2O2S. The van der Waals surface area contributed by atoms with Crippen molar-refractivity contribution < 1.29 is 9.84 Å². The quantitative estimate of drug-likeness (QED) is 0.838. The number of aliphatic hydroxyl groups excluding tert-OH is 1. The van der Waals surface area contributed by atoms with Gasteiger partial charge in [0.2, 0.25) is 0 Å². The predicted octanol–water partition coefficient (Wildman–Crippen LogP) is 3.28. The molecule has 0 radical (unpaired) electrons. The highest BCUT2D eigenvalue weighted by atomic mass is 35.5. The summed E-state index contributed by atoms with van der Waals surface area (Å²) in [5.41, 5.74) is 0.715. The van der Waals surface area contributed by atoms with Crippen molar-refractivity contribution in [3.8, 4) is 0 Å². The van der Waals surface area contributed by atoms with E-state index in [2.05, 4.69) is 5.10 Å². The Hall–Kier alpha value is -0.230. The summed E-state index contributed by atoms with van der Waals surface area (Å²) in [7, 11) is 1.65. The lowest BCUT2D eigenvalue weighted by Crippen LogP contribution is -2.16. The summed E-state index contributed by atoms with van der Waals surface area (Å²) in [5.74, 6) is 0.684. The second kappa shape index (κ2) is 8.27. The van der Waals surface area contributed by atoms with E-state index in [1.807, 2.05) is 11.8 Å². The van der Waals surface area contributed by atoms with Crippen LogP contribution in [0.1, 0.15) is 43.9 Å². The largest absolute Gasteiger partial charge is 0.386 e. The molecule has 0 aromatic carbocycles. The molecule has 1 fully saturated rings. The van der Waals surface area contributed by atoms with E-state index in [9.17, 15) is 5.11 Å². The van der Waals surface area contributed by atoms with Gasteiger partial charge >= 0.3 is 0 Å². The molecule has 114 valence electrons. The molecule has 1 saturated carbocycles. The molecule has 0 spiro atoms. The van der Waals surface area contributed by atoms with Crippen LogP contribution in [-0.4, -0.2) is 39.6 Å². The number of nitrogens with zero attached hydrogens (tertiary/aromatic N) is 2. The zero-order valence-electron chi connectivity index (χ0n) is 11.9. The van der Waals surface area contributed by atoms with Crippen molar-refractivity contribution in [2.75, 3.05) is 19.5 Å². The lowest BCUT2D eigenvalue weighted by molar-refractivity contribution is 0.166. The van der Waals surface area contributed by atoms with Gasteiger partial charge in [-0.05, 0) is 12.8 Å². The Morgan fingerprint density at radius 3 is 2.95 bits per heavy atom. The van der Waals surface area contributed by atoms with Crippen molar-refractivity contribution in [1.82, 2.24) is 9.78 Å². The summed E-state index contributed by atoms with van der Waals surface area (Å²) < 4.78 is 6.80. The molecule has 2 rings (SSSR count). The van der Waals surface area contributed by atoms with Crippen LogP contribution >= 0.6 is 23.4 Å². The number of aromatic nitrogens is 2. The van der Waals surface area contributed by atoms with E-state index >= 15 is 0 Å². The van der Waals surface area contributed by atoms with Crippen LogP contribution in [0.2, 0.25) is 5.02 Å². The number of aliphatic hydroxyl groups is 1. The van der Waals surface area contributed by atoms with Crippen molar-refractivity contribution in [2.45, 2.75) is 50.0 Å². The zero-order valence-corrected chi connectivity index (χ0v) is 13.5. The molecule has 20 heavy (non-hydrogen) atoms. The number of hydrogen-bond donors (Lipinski definition) is 1. The van der Waals surface area contributed by atoms with Crippen molar-refractivity contribution in [3.05, 3.63) is 16.9 Å². The van der Waals surface area contributed by atoms with Gasteiger partial charge in [0.25, 0.3) is 0 Å². The Bertz CT molecular complexity index is 408. The van der Waals surface area contributed by atoms with E-state index < -0.39 is 6.10 Å². The molecule has 0 amide bonds. The summed E-state index contributed by atoms with van der Waals surface area (Å²) in [6.45, 7) is 1.18. The van der Waals surface area contributed by atoms with Gasteiger partial charge in [0.15, 0.2) is 0 Å². The normalized spacial score (nSPS) is 18.4. The minimum absolute atomic E-state index is 0.540. The van der Waals surface area contributed by atoms with Crippen molar-refractivity contribution >= 4 is 23.4 Å². The van der Waals surface area contributed by atoms with Crippen molar-refractivity contribution in [3.63, 3.8) is 0 Å². The third-order valence-corrected chi connectivity index (χ3v) is 5.44. The van der Waals surface area contributed by atoms with Gasteiger partial charge in [0.1, 0.15) is 6.10 Å². The molecule has 1 aromatic heterocycles. The topological polar surface area (TPSA) is 47.3 Å². The van der Waals surface area contributed by atoms with Crippen molar-refractivity contribution in [2.24, 2.45) is 0 Å². The number of rotatable bonds is 7. The van der Waals surface area contributed by atoms with E-state index in [4.69, 9.17) is 16.3 Å². The van der Waals surface area contributed by atoms with Crippen LogP contribution < -0.4 is 0 Å². The lowest BCUT2D eigenvalue weighted by atomic mass is 10.0. The monoisotopic (exact) mass is 318 g/mol. The van der Waals surface area contributed by atoms with Crippen LogP contribution in [0.5, 0.6) is 0 Å². The van der Waals surface area contributed by atoms with Gasteiger partial charge in [0.05, 0.1) is 30.1 Å².